The quantitative estimate of drug-likeness (QED) is 0.142. The van der Waals surface area contributed by atoms with E-state index in [4.69, 9.17) is 0 Å². The Bertz CT molecular complexity index is 1510. The molecule has 0 spiro atoms. The van der Waals surface area contributed by atoms with Crippen LogP contribution in [0.4, 0.5) is 0 Å². The highest BCUT2D eigenvalue weighted by atomic mass is 32.2. The first-order valence-electron chi connectivity index (χ1n) is 13.1. The smallest absolute Gasteiger partial charge is 0.345 e. The highest BCUT2D eigenvalue weighted by molar-refractivity contribution is 7.89. The lowest BCUT2D eigenvalue weighted by Crippen LogP contribution is -2.65. The number of unbranched alkanes of at least 4 members (excludes halogenated alkanes) is 1. The van der Waals surface area contributed by atoms with Crippen molar-refractivity contribution in [3.8, 4) is 0 Å². The number of carbonyl (C=O) groups is 2. The topological polar surface area (TPSA) is 178 Å². The summed E-state index contributed by atoms with van der Waals surface area (Å²) in [7, 11) is -4.37. The van der Waals surface area contributed by atoms with Crippen LogP contribution < -0.4 is 20.7 Å². The van der Waals surface area contributed by atoms with Crippen LogP contribution in [0.15, 0.2) is 46.4 Å². The molecule has 2 heterocycles. The van der Waals surface area contributed by atoms with Crippen LogP contribution in [0, 0.1) is 20.8 Å². The summed E-state index contributed by atoms with van der Waals surface area (Å²) < 4.78 is 29.8. The number of rotatable bonds is 12. The van der Waals surface area contributed by atoms with Gasteiger partial charge in [0.25, 0.3) is 5.91 Å². The third-order valence-corrected chi connectivity index (χ3v) is 8.58. The van der Waals surface area contributed by atoms with Gasteiger partial charge in [0.05, 0.1) is 22.2 Å². The number of hydrogen-bond acceptors (Lipinski definition) is 8. The molecule has 0 aliphatic carbocycles. The lowest BCUT2D eigenvalue weighted by Gasteiger charge is -2.32. The number of aliphatic carboxylic acids is 1. The maximum absolute atomic E-state index is 13.7. The first-order chi connectivity index (χ1) is 19.0. The van der Waals surface area contributed by atoms with Gasteiger partial charge in [0.15, 0.2) is 6.29 Å². The molecule has 12 nitrogen and oxygen atoms in total. The van der Waals surface area contributed by atoms with Gasteiger partial charge in [-0.2, -0.15) is 9.82 Å². The lowest BCUT2D eigenvalue weighted by molar-refractivity contribution is -0.145. The average Bonchev–Trinajstić information content (AvgIpc) is 3.37. The molecule has 1 aliphatic rings. The van der Waals surface area contributed by atoms with Crippen LogP contribution in [0.5, 0.6) is 0 Å². The standard InChI is InChI=1S/C27H35N7O5S/c1-17-14-18(2)23(19(3)15-17)40(38,39)34-27(25(36)37,10-4-5-11-28-26-29-12-7-13-30-26)32-24(35)20-8-6-9-22-21(20)16-31-33-22/h6,8-9,12,14-16,26,28,30,34H,4-5,7,10-11,13H2,1-3H3,(H,31,33)(H,32,35)(H,36,37). The second-order valence-corrected chi connectivity index (χ2v) is 11.6. The molecule has 0 bridgehead atoms. The third kappa shape index (κ3) is 6.55. The Morgan fingerprint density at radius 1 is 1.15 bits per heavy atom. The number of H-pyrrole nitrogens is 1. The second kappa shape index (κ2) is 12.3. The van der Waals surface area contributed by atoms with Crippen LogP contribution in [0.3, 0.4) is 0 Å². The third-order valence-electron chi connectivity index (χ3n) is 6.79. The number of nitrogens with one attached hydrogen (secondary N) is 5. The number of aliphatic imine (C=N–C) groups is 1. The normalized spacial score (nSPS) is 17.0. The summed E-state index contributed by atoms with van der Waals surface area (Å²) in [5.41, 5.74) is 0.274. The summed E-state index contributed by atoms with van der Waals surface area (Å²) in [6.45, 7) is 6.48. The number of benzene rings is 2. The van der Waals surface area contributed by atoms with E-state index < -0.39 is 27.6 Å². The maximum Gasteiger partial charge on any atom is 0.345 e. The van der Waals surface area contributed by atoms with Gasteiger partial charge in [-0.3, -0.25) is 25.5 Å². The van der Waals surface area contributed by atoms with E-state index in [-0.39, 0.29) is 23.2 Å². The van der Waals surface area contributed by atoms with Gasteiger partial charge < -0.3 is 10.4 Å². The highest BCUT2D eigenvalue weighted by Gasteiger charge is 2.44. The maximum atomic E-state index is 13.7. The molecule has 2 atom stereocenters. The Morgan fingerprint density at radius 3 is 2.58 bits per heavy atom. The molecule has 2 aromatic carbocycles. The van der Waals surface area contributed by atoms with Gasteiger partial charge in [-0.1, -0.05) is 23.8 Å². The molecule has 3 aromatic rings. The summed E-state index contributed by atoms with van der Waals surface area (Å²) in [5, 5.41) is 26.6. The van der Waals surface area contributed by atoms with Gasteiger partial charge >= 0.3 is 5.97 Å². The van der Waals surface area contributed by atoms with Gasteiger partial charge in [-0.25, -0.2) is 13.2 Å². The largest absolute Gasteiger partial charge is 0.478 e. The van der Waals surface area contributed by atoms with E-state index in [0.29, 0.717) is 41.4 Å². The SMILES string of the molecule is Cc1cc(C)c(S(=O)(=O)NC(CCCCNC2N=CCCN2)(NC(=O)c2cccc3[nH]ncc23)C(=O)O)c(C)c1. The number of carboxylic acids is 1. The van der Waals surface area contributed by atoms with E-state index in [1.165, 1.54) is 12.3 Å². The Kier molecular flexibility index (Phi) is 8.98. The number of nitrogens with zero attached hydrogens (tertiary/aromatic N) is 2. The second-order valence-electron chi connectivity index (χ2n) is 10.0. The molecule has 0 radical (unpaired) electrons. The van der Waals surface area contributed by atoms with Gasteiger partial charge in [0.2, 0.25) is 15.7 Å². The van der Waals surface area contributed by atoms with Gasteiger partial charge in [-0.15, -0.1) is 0 Å². The number of fused-ring (bicyclic) bond motifs is 1. The minimum atomic E-state index is -4.37. The first kappa shape index (κ1) is 29.3. The van der Waals surface area contributed by atoms with E-state index in [1.807, 2.05) is 13.1 Å². The first-order valence-corrected chi connectivity index (χ1v) is 14.6. The van der Waals surface area contributed by atoms with Crippen LogP contribution in [-0.2, 0) is 14.8 Å². The predicted octanol–water partition coefficient (Wildman–Crippen LogP) is 2.08. The fraction of sp³-hybridized carbons (Fsp3) is 0.407. The molecule has 6 N–H and O–H groups in total. The van der Waals surface area contributed by atoms with Gasteiger partial charge in [-0.05, 0) is 76.3 Å². The molecule has 0 saturated carbocycles. The zero-order valence-electron chi connectivity index (χ0n) is 22.7. The predicted molar refractivity (Wildman–Crippen MR) is 152 cm³/mol. The van der Waals surface area contributed by atoms with E-state index in [0.717, 1.165) is 18.5 Å². The zero-order valence-corrected chi connectivity index (χ0v) is 23.6. The fourth-order valence-electron chi connectivity index (χ4n) is 5.04. The molecule has 40 heavy (non-hydrogen) atoms. The number of hydrogen-bond donors (Lipinski definition) is 6. The Hall–Kier alpha value is -3.65. The molecule has 4 rings (SSSR count). The van der Waals surface area contributed by atoms with Crippen LogP contribution in [0.25, 0.3) is 10.9 Å². The van der Waals surface area contributed by atoms with Gasteiger partial charge in [0, 0.05) is 18.1 Å². The zero-order chi connectivity index (χ0) is 28.9. The molecular formula is C27H35N7O5S. The van der Waals surface area contributed by atoms with E-state index in [2.05, 4.69) is 35.9 Å². The highest BCUT2D eigenvalue weighted by Crippen LogP contribution is 2.25. The van der Waals surface area contributed by atoms with E-state index in [1.54, 1.807) is 38.1 Å². The van der Waals surface area contributed by atoms with Crippen molar-refractivity contribution in [2.75, 3.05) is 13.1 Å². The fourth-order valence-corrected chi connectivity index (χ4v) is 6.80. The molecule has 1 amide bonds. The number of aromatic amines is 1. The van der Waals surface area contributed by atoms with Crippen molar-refractivity contribution in [2.24, 2.45) is 4.99 Å². The summed E-state index contributed by atoms with van der Waals surface area (Å²) >= 11 is 0. The Morgan fingerprint density at radius 2 is 1.90 bits per heavy atom. The van der Waals surface area contributed by atoms with E-state index in [9.17, 15) is 23.1 Å². The number of aromatic nitrogens is 2. The van der Waals surface area contributed by atoms with Crippen molar-refractivity contribution < 1.29 is 23.1 Å². The van der Waals surface area contributed by atoms with Gasteiger partial charge in [0.1, 0.15) is 0 Å². The van der Waals surface area contributed by atoms with E-state index >= 15 is 0 Å². The minimum absolute atomic E-state index is 0.0159. The summed E-state index contributed by atoms with van der Waals surface area (Å²) in [6.07, 6.45) is 4.54. The number of sulfonamides is 1. The number of carboxylic acid groups (broad SMARTS) is 1. The van der Waals surface area contributed by atoms with Crippen molar-refractivity contribution in [2.45, 2.75) is 63.3 Å². The molecule has 1 aliphatic heterocycles. The minimum Gasteiger partial charge on any atom is -0.478 e. The molecule has 0 saturated heterocycles. The van der Waals surface area contributed by atoms with Crippen LogP contribution in [0.1, 0.15) is 52.7 Å². The molecule has 214 valence electrons. The molecule has 2 unspecified atom stereocenters. The van der Waals surface area contributed by atoms with Crippen molar-refractivity contribution >= 4 is 39.0 Å². The Labute approximate surface area is 233 Å². The monoisotopic (exact) mass is 569 g/mol. The summed E-state index contributed by atoms with van der Waals surface area (Å²) in [5.74, 6) is -2.26. The summed E-state index contributed by atoms with van der Waals surface area (Å²) in [4.78, 5) is 30.6. The number of aryl methyl sites for hydroxylation is 3. The lowest BCUT2D eigenvalue weighted by atomic mass is 10.0. The molecule has 1 aromatic heterocycles. The molecular weight excluding hydrogens is 534 g/mol. The Balaban J connectivity index is 1.62. The van der Waals surface area contributed by atoms with Crippen molar-refractivity contribution in [1.29, 1.82) is 0 Å². The van der Waals surface area contributed by atoms with Crippen molar-refractivity contribution in [3.63, 3.8) is 0 Å². The number of amides is 1. The van der Waals surface area contributed by atoms with Crippen LogP contribution in [-0.4, -0.2) is 66.9 Å². The number of carbonyl (C=O) groups excluding carboxylic acids is 1. The molecule has 0 fully saturated rings. The van der Waals surface area contributed by atoms with Crippen LogP contribution >= 0.6 is 0 Å². The van der Waals surface area contributed by atoms with Crippen LogP contribution in [0.2, 0.25) is 0 Å². The summed E-state index contributed by atoms with van der Waals surface area (Å²) in [6, 6.07) is 8.33. The average molecular weight is 570 g/mol. The van der Waals surface area contributed by atoms with Crippen molar-refractivity contribution in [1.82, 2.24) is 30.9 Å². The van der Waals surface area contributed by atoms with Crippen molar-refractivity contribution in [3.05, 3.63) is 58.8 Å². The molecule has 13 heteroatoms.